The number of carbonyl (C=O) groups is 1. The molecular weight excluding hydrogens is 402 g/mol. The van der Waals surface area contributed by atoms with Crippen LogP contribution in [0.3, 0.4) is 0 Å². The zero-order chi connectivity index (χ0) is 20.8. The molecular formula is C23H25NO3S2. The molecule has 1 heterocycles. The minimum absolute atomic E-state index is 0.103. The van der Waals surface area contributed by atoms with Crippen LogP contribution in [0.5, 0.6) is 11.5 Å². The summed E-state index contributed by atoms with van der Waals surface area (Å²) < 4.78 is 11.5. The van der Waals surface area contributed by atoms with E-state index < -0.39 is 0 Å². The van der Waals surface area contributed by atoms with Gasteiger partial charge in [0.2, 0.25) is 0 Å². The van der Waals surface area contributed by atoms with Gasteiger partial charge < -0.3 is 9.47 Å². The molecule has 0 spiro atoms. The number of nitrogens with zero attached hydrogens (tertiary/aromatic N) is 1. The maximum Gasteiger partial charge on any atom is 0.270 e. The summed E-state index contributed by atoms with van der Waals surface area (Å²) >= 11 is 6.80. The molecule has 0 bridgehead atoms. The largest absolute Gasteiger partial charge is 0.493 e. The molecule has 0 aliphatic carbocycles. The summed E-state index contributed by atoms with van der Waals surface area (Å²) in [4.78, 5) is 15.2. The van der Waals surface area contributed by atoms with E-state index in [1.807, 2.05) is 43.3 Å². The topological polar surface area (TPSA) is 38.8 Å². The van der Waals surface area contributed by atoms with Crippen LogP contribution in [-0.4, -0.2) is 23.9 Å². The van der Waals surface area contributed by atoms with Crippen molar-refractivity contribution in [1.82, 2.24) is 0 Å². The summed E-state index contributed by atoms with van der Waals surface area (Å²) in [6.07, 6.45) is 5.22. The van der Waals surface area contributed by atoms with Crippen LogP contribution in [0.2, 0.25) is 0 Å². The highest BCUT2D eigenvalue weighted by molar-refractivity contribution is 8.27. The van der Waals surface area contributed by atoms with Crippen molar-refractivity contribution in [1.29, 1.82) is 0 Å². The Labute approximate surface area is 181 Å². The van der Waals surface area contributed by atoms with E-state index in [0.717, 1.165) is 30.5 Å². The van der Waals surface area contributed by atoms with Crippen LogP contribution in [0.1, 0.15) is 37.8 Å². The van der Waals surface area contributed by atoms with Gasteiger partial charge in [-0.3, -0.25) is 9.69 Å². The Balaban J connectivity index is 1.81. The van der Waals surface area contributed by atoms with Crippen molar-refractivity contribution >= 4 is 46.0 Å². The lowest BCUT2D eigenvalue weighted by molar-refractivity contribution is -0.113. The van der Waals surface area contributed by atoms with E-state index >= 15 is 0 Å². The summed E-state index contributed by atoms with van der Waals surface area (Å²) in [5.41, 5.74) is 2.94. The minimum Gasteiger partial charge on any atom is -0.493 e. The molecule has 0 N–H and O–H groups in total. The molecule has 0 aromatic heterocycles. The van der Waals surface area contributed by atoms with Gasteiger partial charge in [0.05, 0.1) is 24.3 Å². The molecule has 0 radical (unpaired) electrons. The second-order valence-corrected chi connectivity index (χ2v) is 8.31. The number of thiocarbonyl (C=S) groups is 1. The summed E-state index contributed by atoms with van der Waals surface area (Å²) in [5, 5.41) is 0. The van der Waals surface area contributed by atoms with Crippen molar-refractivity contribution in [2.24, 2.45) is 0 Å². The quantitative estimate of drug-likeness (QED) is 0.391. The number of methoxy groups -OCH3 is 1. The summed E-state index contributed by atoms with van der Waals surface area (Å²) in [6, 6.07) is 13.7. The molecule has 29 heavy (non-hydrogen) atoms. The zero-order valence-electron chi connectivity index (χ0n) is 16.9. The fourth-order valence-electron chi connectivity index (χ4n) is 3.08. The smallest absolute Gasteiger partial charge is 0.270 e. The molecule has 3 rings (SSSR count). The Bertz CT molecular complexity index is 922. The molecule has 6 heteroatoms. The van der Waals surface area contributed by atoms with Gasteiger partial charge >= 0.3 is 0 Å². The molecule has 1 amide bonds. The highest BCUT2D eigenvalue weighted by atomic mass is 32.2. The van der Waals surface area contributed by atoms with Gasteiger partial charge in [-0.1, -0.05) is 55.5 Å². The second-order valence-electron chi connectivity index (χ2n) is 6.63. The first-order valence-electron chi connectivity index (χ1n) is 9.75. The number of unbranched alkanes of at least 4 members (excludes halogenated alkanes) is 1. The SMILES string of the molecule is CCCCc1ccc(N2C(=O)/C(=C/c3ccc(OCC)c(OC)c3)SC2=S)cc1. The van der Waals surface area contributed by atoms with E-state index in [9.17, 15) is 4.79 Å². The van der Waals surface area contributed by atoms with Gasteiger partial charge in [0, 0.05) is 0 Å². The molecule has 1 saturated heterocycles. The van der Waals surface area contributed by atoms with Crippen LogP contribution in [0.15, 0.2) is 47.4 Å². The van der Waals surface area contributed by atoms with E-state index in [2.05, 4.69) is 19.1 Å². The van der Waals surface area contributed by atoms with Gasteiger partial charge in [0.25, 0.3) is 5.91 Å². The van der Waals surface area contributed by atoms with Gasteiger partial charge in [0.15, 0.2) is 15.8 Å². The first-order valence-corrected chi connectivity index (χ1v) is 11.0. The molecule has 1 aliphatic rings. The number of aryl methyl sites for hydroxylation is 1. The predicted octanol–water partition coefficient (Wildman–Crippen LogP) is 5.84. The monoisotopic (exact) mass is 427 g/mol. The van der Waals surface area contributed by atoms with Gasteiger partial charge in [-0.05, 0) is 61.2 Å². The number of hydrogen-bond acceptors (Lipinski definition) is 5. The van der Waals surface area contributed by atoms with E-state index in [1.165, 1.54) is 17.3 Å². The van der Waals surface area contributed by atoms with Crippen LogP contribution in [0.4, 0.5) is 5.69 Å². The van der Waals surface area contributed by atoms with Gasteiger partial charge in [-0.25, -0.2) is 0 Å². The van der Waals surface area contributed by atoms with Crippen molar-refractivity contribution in [2.75, 3.05) is 18.6 Å². The highest BCUT2D eigenvalue weighted by Crippen LogP contribution is 2.37. The highest BCUT2D eigenvalue weighted by Gasteiger charge is 2.33. The molecule has 0 unspecified atom stereocenters. The Morgan fingerprint density at radius 2 is 1.86 bits per heavy atom. The standard InChI is InChI=1S/C23H25NO3S2/c1-4-6-7-16-8-11-18(12-9-16)24-22(25)21(29-23(24)28)15-17-10-13-19(27-5-2)20(14-17)26-3/h8-15H,4-7H2,1-3H3/b21-15-. The fourth-order valence-corrected chi connectivity index (χ4v) is 4.38. The molecule has 2 aromatic rings. The third kappa shape index (κ3) is 5.00. The van der Waals surface area contributed by atoms with E-state index in [-0.39, 0.29) is 5.91 Å². The second kappa shape index (κ2) is 9.94. The first-order chi connectivity index (χ1) is 14.1. The summed E-state index contributed by atoms with van der Waals surface area (Å²) in [6.45, 7) is 4.67. The third-order valence-electron chi connectivity index (χ3n) is 4.59. The van der Waals surface area contributed by atoms with E-state index in [1.54, 1.807) is 12.0 Å². The lowest BCUT2D eigenvalue weighted by atomic mass is 10.1. The molecule has 0 saturated carbocycles. The Kier molecular flexibility index (Phi) is 7.34. The lowest BCUT2D eigenvalue weighted by Crippen LogP contribution is -2.27. The molecule has 4 nitrogen and oxygen atoms in total. The van der Waals surface area contributed by atoms with Crippen molar-refractivity contribution in [2.45, 2.75) is 33.1 Å². The minimum atomic E-state index is -0.103. The Morgan fingerprint density at radius 3 is 2.52 bits per heavy atom. The van der Waals surface area contributed by atoms with E-state index in [4.69, 9.17) is 21.7 Å². The van der Waals surface area contributed by atoms with Crippen LogP contribution >= 0.6 is 24.0 Å². The number of rotatable bonds is 8. The number of hydrogen-bond donors (Lipinski definition) is 0. The number of thioether (sulfide) groups is 1. The zero-order valence-corrected chi connectivity index (χ0v) is 18.6. The van der Waals surface area contributed by atoms with Gasteiger partial charge in [-0.2, -0.15) is 0 Å². The number of anilines is 1. The van der Waals surface area contributed by atoms with Crippen LogP contribution in [0, 0.1) is 0 Å². The number of ether oxygens (including phenoxy) is 2. The summed E-state index contributed by atoms with van der Waals surface area (Å²) in [5.74, 6) is 1.22. The number of benzene rings is 2. The lowest BCUT2D eigenvalue weighted by Gasteiger charge is -2.15. The van der Waals surface area contributed by atoms with E-state index in [0.29, 0.717) is 27.3 Å². The third-order valence-corrected chi connectivity index (χ3v) is 5.89. The molecule has 1 aliphatic heterocycles. The first kappa shape index (κ1) is 21.4. The Hall–Kier alpha value is -2.31. The van der Waals surface area contributed by atoms with Crippen LogP contribution < -0.4 is 14.4 Å². The van der Waals surface area contributed by atoms with Crippen molar-refractivity contribution in [3.8, 4) is 11.5 Å². The van der Waals surface area contributed by atoms with Crippen molar-refractivity contribution in [3.63, 3.8) is 0 Å². The maximum absolute atomic E-state index is 13.0. The average Bonchev–Trinajstić information content (AvgIpc) is 3.01. The van der Waals surface area contributed by atoms with Crippen LogP contribution in [0.25, 0.3) is 6.08 Å². The maximum atomic E-state index is 13.0. The van der Waals surface area contributed by atoms with Crippen molar-refractivity contribution in [3.05, 3.63) is 58.5 Å². The predicted molar refractivity (Wildman–Crippen MR) is 125 cm³/mol. The molecule has 152 valence electrons. The van der Waals surface area contributed by atoms with Crippen molar-refractivity contribution < 1.29 is 14.3 Å². The van der Waals surface area contributed by atoms with Gasteiger partial charge in [-0.15, -0.1) is 0 Å². The molecule has 1 fully saturated rings. The molecule has 2 aromatic carbocycles. The Morgan fingerprint density at radius 1 is 1.10 bits per heavy atom. The average molecular weight is 428 g/mol. The number of amides is 1. The summed E-state index contributed by atoms with van der Waals surface area (Å²) in [7, 11) is 1.60. The number of carbonyl (C=O) groups excluding carboxylic acids is 1. The normalized spacial score (nSPS) is 15.3. The van der Waals surface area contributed by atoms with Crippen LogP contribution in [-0.2, 0) is 11.2 Å². The van der Waals surface area contributed by atoms with Gasteiger partial charge in [0.1, 0.15) is 0 Å². The molecule has 0 atom stereocenters. The fraction of sp³-hybridized carbons (Fsp3) is 0.304.